The van der Waals surface area contributed by atoms with E-state index in [9.17, 15) is 0 Å². The molecule has 0 amide bonds. The van der Waals surface area contributed by atoms with E-state index in [2.05, 4.69) is 12.7 Å². The molecule has 0 aromatic heterocycles. The fraction of sp³-hybridized carbons (Fsp3) is 0.556. The smallest absolute Gasteiger partial charge is 0.0643 e. The van der Waals surface area contributed by atoms with Gasteiger partial charge in [-0.05, 0) is 19.3 Å². The first-order valence-corrected chi connectivity index (χ1v) is 3.66. The van der Waals surface area contributed by atoms with Gasteiger partial charge >= 0.3 is 0 Å². The summed E-state index contributed by atoms with van der Waals surface area (Å²) in [5.41, 5.74) is 0. The van der Waals surface area contributed by atoms with Gasteiger partial charge in [-0.3, -0.25) is 0 Å². The molecule has 0 unspecified atom stereocenters. The SMILES string of the molecule is C=CCCCC=CCOC. The number of ether oxygens (including phenoxy) is 1. The van der Waals surface area contributed by atoms with Gasteiger partial charge in [-0.15, -0.1) is 6.58 Å². The predicted molar refractivity (Wildman–Crippen MR) is 45.1 cm³/mol. The highest BCUT2D eigenvalue weighted by Gasteiger charge is 1.77. The molecule has 1 heteroatoms. The van der Waals surface area contributed by atoms with Gasteiger partial charge in [0.15, 0.2) is 0 Å². The Bertz CT molecular complexity index is 94.9. The normalized spacial score (nSPS) is 10.5. The van der Waals surface area contributed by atoms with Crippen LogP contribution in [0.2, 0.25) is 0 Å². The molecule has 0 saturated carbocycles. The summed E-state index contributed by atoms with van der Waals surface area (Å²) in [7, 11) is 1.70. The molecule has 1 nitrogen and oxygen atoms in total. The topological polar surface area (TPSA) is 9.23 Å². The number of allylic oxidation sites excluding steroid dienone is 2. The summed E-state index contributed by atoms with van der Waals surface area (Å²) in [6, 6.07) is 0. The second kappa shape index (κ2) is 8.44. The van der Waals surface area contributed by atoms with Crippen molar-refractivity contribution in [3.8, 4) is 0 Å². The zero-order valence-corrected chi connectivity index (χ0v) is 6.68. The van der Waals surface area contributed by atoms with Crippen LogP contribution in [0.3, 0.4) is 0 Å². The predicted octanol–water partition coefficient (Wildman–Crippen LogP) is 2.55. The standard InChI is InChI=1S/C9H16O/c1-3-4-5-6-7-8-9-10-2/h3,7-8H,1,4-6,9H2,2H3. The van der Waals surface area contributed by atoms with Gasteiger partial charge in [0, 0.05) is 7.11 Å². The van der Waals surface area contributed by atoms with Crippen LogP contribution < -0.4 is 0 Å². The molecule has 0 heterocycles. The highest BCUT2D eigenvalue weighted by atomic mass is 16.5. The maximum Gasteiger partial charge on any atom is 0.0643 e. The van der Waals surface area contributed by atoms with Gasteiger partial charge in [0.05, 0.1) is 6.61 Å². The van der Waals surface area contributed by atoms with Crippen molar-refractivity contribution in [3.63, 3.8) is 0 Å². The van der Waals surface area contributed by atoms with E-state index >= 15 is 0 Å². The largest absolute Gasteiger partial charge is 0.381 e. The molecule has 0 atom stereocenters. The van der Waals surface area contributed by atoms with E-state index in [-0.39, 0.29) is 0 Å². The van der Waals surface area contributed by atoms with Crippen LogP contribution in [0.25, 0.3) is 0 Å². The summed E-state index contributed by atoms with van der Waals surface area (Å²) >= 11 is 0. The molecule has 10 heavy (non-hydrogen) atoms. The molecule has 0 bridgehead atoms. The molecule has 0 saturated heterocycles. The Hall–Kier alpha value is -0.560. The van der Waals surface area contributed by atoms with Crippen LogP contribution in [-0.4, -0.2) is 13.7 Å². The summed E-state index contributed by atoms with van der Waals surface area (Å²) in [5.74, 6) is 0. The highest BCUT2D eigenvalue weighted by Crippen LogP contribution is 1.96. The number of rotatable bonds is 6. The van der Waals surface area contributed by atoms with Crippen LogP contribution in [0.5, 0.6) is 0 Å². The molecule has 0 N–H and O–H groups in total. The minimum Gasteiger partial charge on any atom is -0.381 e. The molecule has 0 rings (SSSR count). The molecule has 0 radical (unpaired) electrons. The fourth-order valence-electron chi connectivity index (χ4n) is 0.662. The second-order valence-electron chi connectivity index (χ2n) is 2.15. The highest BCUT2D eigenvalue weighted by molar-refractivity contribution is 4.82. The zero-order valence-electron chi connectivity index (χ0n) is 6.68. The van der Waals surface area contributed by atoms with Gasteiger partial charge in [-0.1, -0.05) is 18.2 Å². The Morgan fingerprint density at radius 2 is 2.10 bits per heavy atom. The Kier molecular flexibility index (Phi) is 7.97. The van der Waals surface area contributed by atoms with Gasteiger partial charge in [-0.25, -0.2) is 0 Å². The molecule has 0 fully saturated rings. The number of unbranched alkanes of at least 4 members (excludes halogenated alkanes) is 2. The Morgan fingerprint density at radius 3 is 2.70 bits per heavy atom. The molecule has 0 spiro atoms. The van der Waals surface area contributed by atoms with E-state index in [0.29, 0.717) is 0 Å². The second-order valence-corrected chi connectivity index (χ2v) is 2.15. The first-order chi connectivity index (χ1) is 4.91. The van der Waals surface area contributed by atoms with Crippen LogP contribution in [-0.2, 0) is 4.74 Å². The maximum atomic E-state index is 4.84. The van der Waals surface area contributed by atoms with Crippen molar-refractivity contribution >= 4 is 0 Å². The van der Waals surface area contributed by atoms with E-state index in [1.54, 1.807) is 7.11 Å². The third kappa shape index (κ3) is 7.44. The lowest BCUT2D eigenvalue weighted by Gasteiger charge is -1.89. The molecule has 0 aliphatic carbocycles. The van der Waals surface area contributed by atoms with Crippen LogP contribution in [0, 0.1) is 0 Å². The number of methoxy groups -OCH3 is 1. The third-order valence-electron chi connectivity index (χ3n) is 1.21. The molecular weight excluding hydrogens is 124 g/mol. The van der Waals surface area contributed by atoms with Crippen molar-refractivity contribution in [1.29, 1.82) is 0 Å². The van der Waals surface area contributed by atoms with Gasteiger partial charge in [-0.2, -0.15) is 0 Å². The lowest BCUT2D eigenvalue weighted by molar-refractivity contribution is 0.233. The Morgan fingerprint density at radius 1 is 1.30 bits per heavy atom. The van der Waals surface area contributed by atoms with Gasteiger partial charge in [0.25, 0.3) is 0 Å². The molecule has 0 aliphatic rings. The van der Waals surface area contributed by atoms with Crippen molar-refractivity contribution in [1.82, 2.24) is 0 Å². The van der Waals surface area contributed by atoms with Crippen LogP contribution in [0.15, 0.2) is 24.8 Å². The minimum atomic E-state index is 0.730. The third-order valence-corrected chi connectivity index (χ3v) is 1.21. The molecule has 0 aromatic rings. The summed E-state index contributed by atoms with van der Waals surface area (Å²) in [6.07, 6.45) is 9.58. The summed E-state index contributed by atoms with van der Waals surface area (Å²) < 4.78 is 4.84. The maximum absolute atomic E-state index is 4.84. The monoisotopic (exact) mass is 140 g/mol. The Balaban J connectivity index is 2.94. The molecule has 0 aliphatic heterocycles. The summed E-state index contributed by atoms with van der Waals surface area (Å²) in [4.78, 5) is 0. The number of hydrogen-bond acceptors (Lipinski definition) is 1. The van der Waals surface area contributed by atoms with Gasteiger partial charge in [0.1, 0.15) is 0 Å². The van der Waals surface area contributed by atoms with Gasteiger partial charge < -0.3 is 4.74 Å². The van der Waals surface area contributed by atoms with Crippen LogP contribution in [0.4, 0.5) is 0 Å². The average Bonchev–Trinajstić information content (AvgIpc) is 1.97. The van der Waals surface area contributed by atoms with Crippen molar-refractivity contribution < 1.29 is 4.74 Å². The fourth-order valence-corrected chi connectivity index (χ4v) is 0.662. The average molecular weight is 140 g/mol. The van der Waals surface area contributed by atoms with E-state index in [4.69, 9.17) is 4.74 Å². The van der Waals surface area contributed by atoms with Crippen molar-refractivity contribution in [2.45, 2.75) is 19.3 Å². The van der Waals surface area contributed by atoms with E-state index in [1.165, 1.54) is 6.42 Å². The molecule has 58 valence electrons. The lowest BCUT2D eigenvalue weighted by atomic mass is 10.2. The first kappa shape index (κ1) is 9.44. The summed E-state index contributed by atoms with van der Waals surface area (Å²) in [6.45, 7) is 4.38. The zero-order chi connectivity index (χ0) is 7.66. The van der Waals surface area contributed by atoms with Crippen LogP contribution >= 0.6 is 0 Å². The quantitative estimate of drug-likeness (QED) is 0.407. The van der Waals surface area contributed by atoms with Crippen molar-refractivity contribution in [3.05, 3.63) is 24.8 Å². The number of hydrogen-bond donors (Lipinski definition) is 0. The van der Waals surface area contributed by atoms with E-state index in [1.807, 2.05) is 12.2 Å². The van der Waals surface area contributed by atoms with Gasteiger partial charge in [0.2, 0.25) is 0 Å². The lowest BCUT2D eigenvalue weighted by Crippen LogP contribution is -1.79. The first-order valence-electron chi connectivity index (χ1n) is 3.66. The van der Waals surface area contributed by atoms with E-state index in [0.717, 1.165) is 19.4 Å². The molecule has 0 aromatic carbocycles. The Labute approximate surface area is 63.4 Å². The van der Waals surface area contributed by atoms with Crippen molar-refractivity contribution in [2.24, 2.45) is 0 Å². The summed E-state index contributed by atoms with van der Waals surface area (Å²) in [5, 5.41) is 0. The van der Waals surface area contributed by atoms with E-state index < -0.39 is 0 Å². The molecular formula is C9H16O. The van der Waals surface area contributed by atoms with Crippen molar-refractivity contribution in [2.75, 3.05) is 13.7 Å². The minimum absolute atomic E-state index is 0.730. The van der Waals surface area contributed by atoms with Crippen LogP contribution in [0.1, 0.15) is 19.3 Å².